The van der Waals surface area contributed by atoms with Crippen molar-refractivity contribution in [3.8, 4) is 5.75 Å². The van der Waals surface area contributed by atoms with E-state index >= 15 is 0 Å². The summed E-state index contributed by atoms with van der Waals surface area (Å²) in [6, 6.07) is 17.6. The Morgan fingerprint density at radius 3 is 2.58 bits per heavy atom. The molecule has 4 rings (SSSR count). The Balaban J connectivity index is 1.65. The fourth-order valence-corrected chi connectivity index (χ4v) is 3.28. The zero-order chi connectivity index (χ0) is 18.1. The van der Waals surface area contributed by atoms with Crippen LogP contribution in [0.25, 0.3) is 10.9 Å². The standard InChI is InChI=1S/C20H18N2O4/c1-2-25-22-18(13-19(23)26-15-9-4-3-5-10-15)17-12-14-8-6-7-11-16(14)21(17)20(22)24/h3-12,18H,2,13H2,1H3. The van der Waals surface area contributed by atoms with Crippen LogP contribution < -0.4 is 4.74 Å². The zero-order valence-electron chi connectivity index (χ0n) is 14.3. The molecule has 1 aromatic heterocycles. The Morgan fingerprint density at radius 1 is 1.08 bits per heavy atom. The van der Waals surface area contributed by atoms with Gasteiger partial charge in [-0.1, -0.05) is 36.4 Å². The molecule has 0 saturated carbocycles. The summed E-state index contributed by atoms with van der Waals surface area (Å²) in [5, 5.41) is 2.22. The number of hydrogen-bond acceptors (Lipinski definition) is 4. The fraction of sp³-hybridized carbons (Fsp3) is 0.200. The van der Waals surface area contributed by atoms with E-state index in [9.17, 15) is 9.59 Å². The van der Waals surface area contributed by atoms with E-state index in [2.05, 4.69) is 0 Å². The van der Waals surface area contributed by atoms with Crippen molar-refractivity contribution in [2.75, 3.05) is 6.61 Å². The van der Waals surface area contributed by atoms with Gasteiger partial charge in [-0.3, -0.25) is 14.2 Å². The largest absolute Gasteiger partial charge is 0.426 e. The van der Waals surface area contributed by atoms with E-state index in [0.29, 0.717) is 12.4 Å². The Hall–Kier alpha value is -3.12. The summed E-state index contributed by atoms with van der Waals surface area (Å²) < 4.78 is 6.99. The highest BCUT2D eigenvalue weighted by molar-refractivity contribution is 5.95. The molecular formula is C20H18N2O4. The smallest absolute Gasteiger partial charge is 0.353 e. The predicted octanol–water partition coefficient (Wildman–Crippen LogP) is 3.91. The van der Waals surface area contributed by atoms with Crippen LogP contribution in [0.1, 0.15) is 25.1 Å². The van der Waals surface area contributed by atoms with Gasteiger partial charge in [0.15, 0.2) is 0 Å². The molecule has 1 aliphatic rings. The number of rotatable bonds is 5. The lowest BCUT2D eigenvalue weighted by Crippen LogP contribution is -2.31. The first-order valence-corrected chi connectivity index (χ1v) is 8.51. The van der Waals surface area contributed by atoms with Crippen molar-refractivity contribution in [3.05, 3.63) is 66.4 Å². The number of hydroxylamine groups is 2. The molecule has 1 aliphatic heterocycles. The third-order valence-corrected chi connectivity index (χ3v) is 4.35. The number of esters is 1. The molecule has 2 heterocycles. The van der Waals surface area contributed by atoms with E-state index in [0.717, 1.165) is 16.6 Å². The second kappa shape index (κ2) is 6.65. The van der Waals surface area contributed by atoms with Crippen LogP contribution >= 0.6 is 0 Å². The summed E-state index contributed by atoms with van der Waals surface area (Å²) in [7, 11) is 0. The number of carbonyl (C=O) groups is 2. The highest BCUT2D eigenvalue weighted by Gasteiger charge is 2.40. The van der Waals surface area contributed by atoms with Gasteiger partial charge >= 0.3 is 12.0 Å². The third-order valence-electron chi connectivity index (χ3n) is 4.35. The number of hydrogen-bond donors (Lipinski definition) is 0. The molecule has 6 heteroatoms. The maximum absolute atomic E-state index is 12.8. The normalized spacial score (nSPS) is 16.1. The maximum atomic E-state index is 12.8. The molecule has 0 N–H and O–H groups in total. The van der Waals surface area contributed by atoms with E-state index in [4.69, 9.17) is 9.57 Å². The number of fused-ring (bicyclic) bond motifs is 3. The topological polar surface area (TPSA) is 60.8 Å². The highest BCUT2D eigenvalue weighted by Crippen LogP contribution is 2.37. The highest BCUT2D eigenvalue weighted by atomic mass is 16.7. The number of ether oxygens (including phenoxy) is 1. The average molecular weight is 350 g/mol. The van der Waals surface area contributed by atoms with E-state index in [1.165, 1.54) is 5.06 Å². The summed E-state index contributed by atoms with van der Waals surface area (Å²) in [5.41, 5.74) is 1.53. The first-order valence-electron chi connectivity index (χ1n) is 8.51. The summed E-state index contributed by atoms with van der Waals surface area (Å²) in [6.07, 6.45) is 0.0109. The molecule has 0 aliphatic carbocycles. The molecule has 1 unspecified atom stereocenters. The number of aromatic nitrogens is 1. The van der Waals surface area contributed by atoms with Crippen LogP contribution in [0, 0.1) is 0 Å². The Kier molecular flexibility index (Phi) is 4.18. The molecule has 1 atom stereocenters. The lowest BCUT2D eigenvalue weighted by atomic mass is 10.1. The van der Waals surface area contributed by atoms with Gasteiger partial charge < -0.3 is 4.74 Å². The van der Waals surface area contributed by atoms with Crippen LogP contribution in [0.3, 0.4) is 0 Å². The molecular weight excluding hydrogens is 332 g/mol. The third kappa shape index (κ3) is 2.74. The number of para-hydroxylation sites is 2. The summed E-state index contributed by atoms with van der Waals surface area (Å²) in [6.45, 7) is 2.14. The Morgan fingerprint density at radius 2 is 1.81 bits per heavy atom. The van der Waals surface area contributed by atoms with Crippen molar-refractivity contribution in [3.63, 3.8) is 0 Å². The lowest BCUT2D eigenvalue weighted by molar-refractivity contribution is -0.150. The van der Waals surface area contributed by atoms with Gasteiger partial charge in [0.25, 0.3) is 0 Å². The summed E-state index contributed by atoms with van der Waals surface area (Å²) in [4.78, 5) is 30.8. The minimum absolute atomic E-state index is 0.0109. The van der Waals surface area contributed by atoms with E-state index in [1.54, 1.807) is 35.8 Å². The molecule has 1 amide bonds. The van der Waals surface area contributed by atoms with Crippen LogP contribution in [0.2, 0.25) is 0 Å². The SMILES string of the molecule is CCON1C(=O)n2c(cc3ccccc32)C1CC(=O)Oc1ccccc1. The van der Waals surface area contributed by atoms with Gasteiger partial charge in [0.1, 0.15) is 11.8 Å². The average Bonchev–Trinajstić information content (AvgIpc) is 3.14. The van der Waals surface area contributed by atoms with Gasteiger partial charge in [0, 0.05) is 5.39 Å². The molecule has 2 aromatic carbocycles. The molecule has 0 fully saturated rings. The van der Waals surface area contributed by atoms with Gasteiger partial charge in [0.2, 0.25) is 0 Å². The Bertz CT molecular complexity index is 964. The number of carbonyl (C=O) groups excluding carboxylic acids is 2. The van der Waals surface area contributed by atoms with Crippen LogP contribution in [0.15, 0.2) is 60.7 Å². The second-order valence-electron chi connectivity index (χ2n) is 6.00. The molecule has 0 spiro atoms. The van der Waals surface area contributed by atoms with Gasteiger partial charge in [0.05, 0.1) is 24.2 Å². The summed E-state index contributed by atoms with van der Waals surface area (Å²) in [5.74, 6) is 0.0581. The summed E-state index contributed by atoms with van der Waals surface area (Å²) >= 11 is 0. The van der Waals surface area contributed by atoms with Crippen LogP contribution in [0.4, 0.5) is 4.79 Å². The van der Waals surface area contributed by atoms with Crippen molar-refractivity contribution < 1.29 is 19.2 Å². The minimum Gasteiger partial charge on any atom is -0.426 e. The lowest BCUT2D eigenvalue weighted by Gasteiger charge is -2.21. The van der Waals surface area contributed by atoms with Gasteiger partial charge in [-0.05, 0) is 31.2 Å². The maximum Gasteiger partial charge on any atom is 0.353 e. The van der Waals surface area contributed by atoms with E-state index in [1.807, 2.05) is 36.4 Å². The van der Waals surface area contributed by atoms with Crippen molar-refractivity contribution in [1.82, 2.24) is 9.63 Å². The van der Waals surface area contributed by atoms with E-state index < -0.39 is 12.0 Å². The first-order chi connectivity index (χ1) is 12.7. The van der Waals surface area contributed by atoms with Crippen molar-refractivity contribution in [1.29, 1.82) is 0 Å². The molecule has 3 aromatic rings. The zero-order valence-corrected chi connectivity index (χ0v) is 14.3. The first kappa shape index (κ1) is 16.4. The van der Waals surface area contributed by atoms with Crippen molar-refractivity contribution >= 4 is 22.9 Å². The molecule has 132 valence electrons. The molecule has 0 saturated heterocycles. The number of benzene rings is 2. The molecule has 0 radical (unpaired) electrons. The van der Waals surface area contributed by atoms with E-state index in [-0.39, 0.29) is 12.5 Å². The quantitative estimate of drug-likeness (QED) is 0.517. The van der Waals surface area contributed by atoms with Gasteiger partial charge in [-0.25, -0.2) is 4.79 Å². The van der Waals surface area contributed by atoms with Gasteiger partial charge in [-0.15, -0.1) is 0 Å². The number of amides is 1. The Labute approximate surface area is 150 Å². The van der Waals surface area contributed by atoms with Crippen molar-refractivity contribution in [2.45, 2.75) is 19.4 Å². The minimum atomic E-state index is -0.522. The molecule has 26 heavy (non-hydrogen) atoms. The van der Waals surface area contributed by atoms with Gasteiger partial charge in [-0.2, -0.15) is 5.06 Å². The van der Waals surface area contributed by atoms with Crippen LogP contribution in [0.5, 0.6) is 5.75 Å². The fourth-order valence-electron chi connectivity index (χ4n) is 3.28. The molecule has 6 nitrogen and oxygen atoms in total. The number of nitrogens with zero attached hydrogens (tertiary/aromatic N) is 2. The van der Waals surface area contributed by atoms with Crippen LogP contribution in [-0.2, 0) is 9.63 Å². The second-order valence-corrected chi connectivity index (χ2v) is 6.00. The monoisotopic (exact) mass is 350 g/mol. The predicted molar refractivity (Wildman–Crippen MR) is 95.6 cm³/mol. The van der Waals surface area contributed by atoms with Crippen molar-refractivity contribution in [2.24, 2.45) is 0 Å². The van der Waals surface area contributed by atoms with Crippen LogP contribution in [-0.4, -0.2) is 28.2 Å². The molecule has 0 bridgehead atoms.